The highest BCUT2D eigenvalue weighted by molar-refractivity contribution is 5.96. The van der Waals surface area contributed by atoms with Crippen LogP contribution >= 0.6 is 0 Å². The first kappa shape index (κ1) is 26.5. The summed E-state index contributed by atoms with van der Waals surface area (Å²) in [6, 6.07) is 11.7. The number of alkyl halides is 3. The number of hydrogen-bond donors (Lipinski definition) is 3. The van der Waals surface area contributed by atoms with Crippen LogP contribution in [-0.2, 0) is 0 Å². The van der Waals surface area contributed by atoms with Gasteiger partial charge in [-0.1, -0.05) is 12.1 Å². The van der Waals surface area contributed by atoms with Crippen LogP contribution in [0.5, 0.6) is 0 Å². The first-order valence-corrected chi connectivity index (χ1v) is 12.7. The van der Waals surface area contributed by atoms with E-state index in [2.05, 4.69) is 26.0 Å². The van der Waals surface area contributed by atoms with Gasteiger partial charge >= 0.3 is 6.18 Å². The lowest BCUT2D eigenvalue weighted by molar-refractivity contribution is -0.134. The maximum atomic E-state index is 13.9. The van der Waals surface area contributed by atoms with Gasteiger partial charge in [-0.05, 0) is 68.5 Å². The topological polar surface area (TPSA) is 83.3 Å². The molecule has 2 aromatic carbocycles. The number of nitrogens with zero attached hydrogens (tertiary/aromatic N) is 3. The van der Waals surface area contributed by atoms with E-state index in [1.54, 1.807) is 28.9 Å². The van der Waals surface area contributed by atoms with E-state index in [-0.39, 0.29) is 24.9 Å². The van der Waals surface area contributed by atoms with Gasteiger partial charge in [0.05, 0.1) is 17.6 Å². The van der Waals surface area contributed by atoms with E-state index < -0.39 is 18.4 Å². The summed E-state index contributed by atoms with van der Waals surface area (Å²) in [5.41, 5.74) is 4.96. The quantitative estimate of drug-likeness (QED) is 0.166. The summed E-state index contributed by atoms with van der Waals surface area (Å²) in [6.45, 7) is 3.75. The Balaban J connectivity index is 1.50. The number of aryl methyl sites for hydroxylation is 2. The molecule has 5 rings (SSSR count). The van der Waals surface area contributed by atoms with Crippen LogP contribution in [0.3, 0.4) is 0 Å². The molecule has 0 bridgehead atoms. The number of fused-ring (bicyclic) bond motifs is 1. The smallest absolute Gasteiger partial charge is 0.382 e. The second-order valence-electron chi connectivity index (χ2n) is 9.83. The minimum Gasteiger partial charge on any atom is -0.382 e. The predicted molar refractivity (Wildman–Crippen MR) is 142 cm³/mol. The number of rotatable bonds is 9. The molecule has 204 valence electrons. The van der Waals surface area contributed by atoms with Crippen molar-refractivity contribution in [3.63, 3.8) is 0 Å². The van der Waals surface area contributed by atoms with Crippen molar-refractivity contribution in [3.05, 3.63) is 71.2 Å². The van der Waals surface area contributed by atoms with Crippen LogP contribution < -0.4 is 16.0 Å². The Bertz CT molecular complexity index is 1530. The van der Waals surface area contributed by atoms with Gasteiger partial charge in [-0.25, -0.2) is 13.9 Å². The number of imidazole rings is 1. The molecule has 7 nitrogen and oxygen atoms in total. The predicted octanol–water partition coefficient (Wildman–Crippen LogP) is 6.54. The normalized spacial score (nSPS) is 13.5. The third kappa shape index (κ3) is 6.30. The molecule has 0 saturated heterocycles. The van der Waals surface area contributed by atoms with E-state index in [4.69, 9.17) is 0 Å². The van der Waals surface area contributed by atoms with E-state index >= 15 is 0 Å². The molecule has 39 heavy (non-hydrogen) atoms. The summed E-state index contributed by atoms with van der Waals surface area (Å²) in [7, 11) is 0. The van der Waals surface area contributed by atoms with Crippen LogP contribution in [0.15, 0.2) is 48.7 Å². The van der Waals surface area contributed by atoms with Gasteiger partial charge in [-0.15, -0.1) is 5.10 Å². The summed E-state index contributed by atoms with van der Waals surface area (Å²) >= 11 is 0. The summed E-state index contributed by atoms with van der Waals surface area (Å²) in [6.07, 6.45) is -1.64. The Morgan fingerprint density at radius 2 is 1.85 bits per heavy atom. The number of amides is 1. The van der Waals surface area contributed by atoms with E-state index in [1.165, 1.54) is 12.1 Å². The van der Waals surface area contributed by atoms with E-state index in [0.29, 0.717) is 34.1 Å². The third-order valence-corrected chi connectivity index (χ3v) is 6.56. The van der Waals surface area contributed by atoms with Gasteiger partial charge in [0.15, 0.2) is 11.5 Å². The second-order valence-corrected chi connectivity index (χ2v) is 9.83. The molecule has 2 aromatic heterocycles. The summed E-state index contributed by atoms with van der Waals surface area (Å²) in [5, 5.41) is 13.8. The van der Waals surface area contributed by atoms with Gasteiger partial charge < -0.3 is 16.0 Å². The number of halogens is 4. The molecular formula is C28H28F4N6O. The van der Waals surface area contributed by atoms with Gasteiger partial charge in [0.1, 0.15) is 5.82 Å². The number of anilines is 3. The van der Waals surface area contributed by atoms with Gasteiger partial charge in [0.25, 0.3) is 5.91 Å². The third-order valence-electron chi connectivity index (χ3n) is 6.56. The van der Waals surface area contributed by atoms with Crippen LogP contribution in [0.4, 0.5) is 34.8 Å². The number of carbonyl (C=O) groups is 1. The van der Waals surface area contributed by atoms with Crippen LogP contribution in [0.25, 0.3) is 16.9 Å². The van der Waals surface area contributed by atoms with E-state index in [0.717, 1.165) is 29.5 Å². The van der Waals surface area contributed by atoms with Crippen LogP contribution in [0.1, 0.15) is 47.2 Å². The fourth-order valence-electron chi connectivity index (χ4n) is 4.30. The minimum absolute atomic E-state index is 0.0731. The molecule has 0 radical (unpaired) electrons. The average Bonchev–Trinajstić information content (AvgIpc) is 3.58. The maximum absolute atomic E-state index is 13.9. The molecule has 1 aliphatic rings. The Hall–Kier alpha value is -4.15. The van der Waals surface area contributed by atoms with Crippen LogP contribution in [-0.4, -0.2) is 39.3 Å². The first-order chi connectivity index (χ1) is 18.6. The van der Waals surface area contributed by atoms with Gasteiger partial charge in [0.2, 0.25) is 0 Å². The molecular weight excluding hydrogens is 512 g/mol. The van der Waals surface area contributed by atoms with Crippen LogP contribution in [0.2, 0.25) is 0 Å². The van der Waals surface area contributed by atoms with Crippen molar-refractivity contribution in [1.29, 1.82) is 0 Å². The molecule has 0 spiro atoms. The lowest BCUT2D eigenvalue weighted by Crippen LogP contribution is -2.26. The molecule has 3 N–H and O–H groups in total. The number of carbonyl (C=O) groups excluding carboxylic acids is 1. The Kier molecular flexibility index (Phi) is 7.16. The highest BCUT2D eigenvalue weighted by Gasteiger charge is 2.26. The van der Waals surface area contributed by atoms with Gasteiger partial charge in [-0.2, -0.15) is 13.2 Å². The van der Waals surface area contributed by atoms with E-state index in [9.17, 15) is 22.4 Å². The highest BCUT2D eigenvalue weighted by atomic mass is 19.4. The number of benzene rings is 2. The summed E-state index contributed by atoms with van der Waals surface area (Å²) < 4.78 is 53.5. The van der Waals surface area contributed by atoms with Gasteiger partial charge in [-0.3, -0.25) is 4.79 Å². The first-order valence-electron chi connectivity index (χ1n) is 12.7. The molecule has 0 unspecified atom stereocenters. The molecule has 11 heteroatoms. The molecule has 2 heterocycles. The lowest BCUT2D eigenvalue weighted by Gasteiger charge is -2.14. The average molecular weight is 541 g/mol. The zero-order valence-electron chi connectivity index (χ0n) is 21.5. The van der Waals surface area contributed by atoms with E-state index in [1.807, 2.05) is 26.0 Å². The Morgan fingerprint density at radius 3 is 2.56 bits per heavy atom. The van der Waals surface area contributed by atoms with Gasteiger partial charge in [0, 0.05) is 41.9 Å². The fourth-order valence-corrected chi connectivity index (χ4v) is 4.30. The van der Waals surface area contributed by atoms with Crippen molar-refractivity contribution in [1.82, 2.24) is 19.9 Å². The van der Waals surface area contributed by atoms with Crippen molar-refractivity contribution < 1.29 is 22.4 Å². The lowest BCUT2D eigenvalue weighted by atomic mass is 10.0. The fraction of sp³-hybridized carbons (Fsp3) is 0.321. The minimum atomic E-state index is -4.24. The molecule has 1 saturated carbocycles. The maximum Gasteiger partial charge on any atom is 0.389 e. The van der Waals surface area contributed by atoms with Crippen molar-refractivity contribution in [3.8, 4) is 11.3 Å². The summed E-state index contributed by atoms with van der Waals surface area (Å²) in [5.74, 6) is -0.176. The number of aromatic nitrogens is 3. The standard InChI is InChI=1S/C28H28F4N6O/c1-16-4-6-19(29)13-22(16)36-25-14-23(33-11-3-10-28(30,31)32)26-34-15-24(38(26)37-25)18-5-9-21(17(2)12-18)27(39)35-20-7-8-20/h4-6,9,12-15,20,33H,3,7-8,10-11H2,1-2H3,(H,35,39)(H,36,37). The summed E-state index contributed by atoms with van der Waals surface area (Å²) in [4.78, 5) is 17.1. The van der Waals surface area contributed by atoms with Crippen LogP contribution in [0, 0.1) is 19.7 Å². The largest absolute Gasteiger partial charge is 0.389 e. The Labute approximate surface area is 222 Å². The zero-order valence-corrected chi connectivity index (χ0v) is 21.5. The molecule has 0 atom stereocenters. The van der Waals surface area contributed by atoms with Crippen molar-refractivity contribution in [2.45, 2.75) is 51.7 Å². The molecule has 1 amide bonds. The monoisotopic (exact) mass is 540 g/mol. The highest BCUT2D eigenvalue weighted by Crippen LogP contribution is 2.30. The molecule has 1 aliphatic carbocycles. The zero-order chi connectivity index (χ0) is 27.7. The molecule has 4 aromatic rings. The molecule has 0 aliphatic heterocycles. The Morgan fingerprint density at radius 1 is 1.05 bits per heavy atom. The SMILES string of the molecule is Cc1ccc(F)cc1Nc1cc(NCCCC(F)(F)F)c2ncc(-c3ccc(C(=O)NC4CC4)c(C)c3)n2n1. The van der Waals surface area contributed by atoms with Crippen molar-refractivity contribution in [2.75, 3.05) is 17.2 Å². The second kappa shape index (κ2) is 10.5. The molecule has 1 fully saturated rings. The van der Waals surface area contributed by atoms with Crippen molar-refractivity contribution in [2.24, 2.45) is 0 Å². The van der Waals surface area contributed by atoms with Crippen molar-refractivity contribution >= 4 is 28.7 Å². The number of nitrogens with one attached hydrogen (secondary N) is 3. The number of hydrogen-bond acceptors (Lipinski definition) is 5.